The molecule has 126 valence electrons. The van der Waals surface area contributed by atoms with E-state index in [4.69, 9.17) is 9.84 Å². The molecule has 1 aromatic rings. The molecule has 0 spiro atoms. The number of amides is 2. The Kier molecular flexibility index (Phi) is 6.37. The number of alkyl carbamates (subject to hydrolysis) is 1. The molecule has 4 N–H and O–H groups in total. The lowest BCUT2D eigenvalue weighted by Gasteiger charge is -2.22. The normalized spacial score (nSPS) is 12.0. The summed E-state index contributed by atoms with van der Waals surface area (Å²) >= 11 is 0. The molecule has 0 saturated carbocycles. The fraction of sp³-hybridized carbons (Fsp3) is 0.400. The number of benzene rings is 1. The predicted molar refractivity (Wildman–Crippen MR) is 83.6 cm³/mol. The Balaban J connectivity index is 2.63. The van der Waals surface area contributed by atoms with Crippen LogP contribution in [0.5, 0.6) is 0 Å². The molecule has 23 heavy (non-hydrogen) atoms. The number of hydrazine groups is 1. The van der Waals surface area contributed by atoms with Gasteiger partial charge in [0, 0.05) is 0 Å². The molecule has 8 nitrogen and oxygen atoms in total. The van der Waals surface area contributed by atoms with Gasteiger partial charge < -0.3 is 15.2 Å². The molecule has 0 bridgehead atoms. The quantitative estimate of drug-likeness (QED) is 0.589. The Bertz CT molecular complexity index is 554. The molecule has 1 aromatic carbocycles. The Morgan fingerprint density at radius 2 is 1.78 bits per heavy atom. The third-order valence-corrected chi connectivity index (χ3v) is 2.49. The summed E-state index contributed by atoms with van der Waals surface area (Å²) in [5.74, 6) is -1.91. The molecule has 0 unspecified atom stereocenters. The maximum absolute atomic E-state index is 12.0. The first-order valence-corrected chi connectivity index (χ1v) is 6.99. The molecule has 1 rings (SSSR count). The van der Waals surface area contributed by atoms with Crippen molar-refractivity contribution in [2.75, 3.05) is 5.43 Å². The number of rotatable bonds is 6. The minimum Gasteiger partial charge on any atom is -0.481 e. The van der Waals surface area contributed by atoms with Crippen molar-refractivity contribution in [2.24, 2.45) is 0 Å². The van der Waals surface area contributed by atoms with Crippen LogP contribution in [-0.4, -0.2) is 34.7 Å². The van der Waals surface area contributed by atoms with Crippen LogP contribution in [-0.2, 0) is 14.3 Å². The molecule has 0 heterocycles. The van der Waals surface area contributed by atoms with Crippen LogP contribution < -0.4 is 16.2 Å². The van der Waals surface area contributed by atoms with Crippen LogP contribution in [0.1, 0.15) is 27.2 Å². The van der Waals surface area contributed by atoms with Crippen molar-refractivity contribution >= 4 is 23.7 Å². The van der Waals surface area contributed by atoms with E-state index in [9.17, 15) is 14.4 Å². The summed E-state index contributed by atoms with van der Waals surface area (Å²) in [6.45, 7) is 4.99. The number of hydrogen-bond donors (Lipinski definition) is 4. The summed E-state index contributed by atoms with van der Waals surface area (Å²) in [5, 5.41) is 11.1. The number of carboxylic acids is 1. The summed E-state index contributed by atoms with van der Waals surface area (Å²) in [7, 11) is 0. The van der Waals surface area contributed by atoms with E-state index in [1.165, 1.54) is 0 Å². The van der Waals surface area contributed by atoms with E-state index in [2.05, 4.69) is 16.2 Å². The van der Waals surface area contributed by atoms with Gasteiger partial charge in [0.2, 0.25) is 0 Å². The number of carbonyl (C=O) groups excluding carboxylic acids is 2. The van der Waals surface area contributed by atoms with Gasteiger partial charge in [-0.3, -0.25) is 20.4 Å². The van der Waals surface area contributed by atoms with Crippen molar-refractivity contribution in [3.05, 3.63) is 30.3 Å². The minimum atomic E-state index is -1.27. The molecule has 0 aliphatic heterocycles. The molecule has 0 aliphatic carbocycles. The summed E-state index contributed by atoms with van der Waals surface area (Å²) in [6, 6.07) is 7.51. The number of aliphatic carboxylic acids is 1. The standard InChI is InChI=1S/C15H21N3O5/c1-15(2,3)23-14(22)16-11(9-12(19)20)13(21)18-17-10-7-5-4-6-8-10/h4-8,11,17H,9H2,1-3H3,(H,16,22)(H,18,21)(H,19,20)/t11-/m0/s1. The number of nitrogens with one attached hydrogen (secondary N) is 3. The second kappa shape index (κ2) is 8.02. The summed E-state index contributed by atoms with van der Waals surface area (Å²) < 4.78 is 5.02. The summed E-state index contributed by atoms with van der Waals surface area (Å²) in [5.41, 5.74) is 4.85. The van der Waals surface area contributed by atoms with Gasteiger partial charge in [-0.05, 0) is 32.9 Å². The first-order chi connectivity index (χ1) is 10.7. The van der Waals surface area contributed by atoms with Crippen LogP contribution in [0.4, 0.5) is 10.5 Å². The second-order valence-electron chi connectivity index (χ2n) is 5.78. The highest BCUT2D eigenvalue weighted by atomic mass is 16.6. The van der Waals surface area contributed by atoms with E-state index >= 15 is 0 Å². The number of hydrogen-bond acceptors (Lipinski definition) is 5. The van der Waals surface area contributed by atoms with E-state index < -0.39 is 36.0 Å². The van der Waals surface area contributed by atoms with Gasteiger partial charge in [0.1, 0.15) is 11.6 Å². The van der Waals surface area contributed by atoms with Gasteiger partial charge in [0.25, 0.3) is 5.91 Å². The SMILES string of the molecule is CC(C)(C)OC(=O)N[C@@H](CC(=O)O)C(=O)NNc1ccccc1. The fourth-order valence-corrected chi connectivity index (χ4v) is 1.58. The van der Waals surface area contributed by atoms with Gasteiger partial charge in [0.15, 0.2) is 0 Å². The maximum Gasteiger partial charge on any atom is 0.408 e. The van der Waals surface area contributed by atoms with Gasteiger partial charge >= 0.3 is 12.1 Å². The van der Waals surface area contributed by atoms with E-state index in [1.807, 2.05) is 6.07 Å². The highest BCUT2D eigenvalue weighted by molar-refractivity contribution is 5.89. The van der Waals surface area contributed by atoms with Gasteiger partial charge in [0.05, 0.1) is 12.1 Å². The molecular formula is C15H21N3O5. The number of carboxylic acid groups (broad SMARTS) is 1. The highest BCUT2D eigenvalue weighted by Crippen LogP contribution is 2.07. The van der Waals surface area contributed by atoms with Crippen LogP contribution >= 0.6 is 0 Å². The topological polar surface area (TPSA) is 117 Å². The molecule has 8 heteroatoms. The summed E-state index contributed by atoms with van der Waals surface area (Å²) in [4.78, 5) is 34.6. The highest BCUT2D eigenvalue weighted by Gasteiger charge is 2.26. The van der Waals surface area contributed by atoms with Gasteiger partial charge in [-0.2, -0.15) is 0 Å². The third-order valence-electron chi connectivity index (χ3n) is 2.49. The predicted octanol–water partition coefficient (Wildman–Crippen LogP) is 1.50. The zero-order valence-electron chi connectivity index (χ0n) is 13.3. The maximum atomic E-state index is 12.0. The number of carbonyl (C=O) groups is 3. The molecule has 0 radical (unpaired) electrons. The monoisotopic (exact) mass is 323 g/mol. The zero-order chi connectivity index (χ0) is 17.5. The van der Waals surface area contributed by atoms with Crippen LogP contribution in [0.25, 0.3) is 0 Å². The van der Waals surface area contributed by atoms with Crippen molar-refractivity contribution in [1.29, 1.82) is 0 Å². The molecular weight excluding hydrogens is 302 g/mol. The Morgan fingerprint density at radius 3 is 2.30 bits per heavy atom. The lowest BCUT2D eigenvalue weighted by Crippen LogP contribution is -2.50. The molecule has 0 aliphatic rings. The van der Waals surface area contributed by atoms with E-state index in [0.29, 0.717) is 5.69 Å². The van der Waals surface area contributed by atoms with Crippen LogP contribution in [0, 0.1) is 0 Å². The van der Waals surface area contributed by atoms with E-state index in [-0.39, 0.29) is 0 Å². The summed E-state index contributed by atoms with van der Waals surface area (Å²) in [6.07, 6.45) is -1.43. The molecule has 0 aromatic heterocycles. The molecule has 1 atom stereocenters. The van der Waals surface area contributed by atoms with Crippen LogP contribution in [0.15, 0.2) is 30.3 Å². The minimum absolute atomic E-state index is 0.568. The third kappa shape index (κ3) is 7.70. The Morgan fingerprint density at radius 1 is 1.17 bits per heavy atom. The first-order valence-electron chi connectivity index (χ1n) is 6.99. The first kappa shape index (κ1) is 18.3. The van der Waals surface area contributed by atoms with Crippen molar-refractivity contribution in [1.82, 2.24) is 10.7 Å². The smallest absolute Gasteiger partial charge is 0.408 e. The number of anilines is 1. The van der Waals surface area contributed by atoms with Crippen molar-refractivity contribution in [3.8, 4) is 0 Å². The average molecular weight is 323 g/mol. The zero-order valence-corrected chi connectivity index (χ0v) is 13.3. The lowest BCUT2D eigenvalue weighted by atomic mass is 10.2. The average Bonchev–Trinajstić information content (AvgIpc) is 2.42. The number of para-hydroxylation sites is 1. The Hall–Kier alpha value is -2.77. The largest absolute Gasteiger partial charge is 0.481 e. The Labute approximate surface area is 134 Å². The second-order valence-corrected chi connectivity index (χ2v) is 5.78. The van der Waals surface area contributed by atoms with Crippen LogP contribution in [0.2, 0.25) is 0 Å². The van der Waals surface area contributed by atoms with E-state index in [0.717, 1.165) is 0 Å². The van der Waals surface area contributed by atoms with Gasteiger partial charge in [-0.15, -0.1) is 0 Å². The van der Waals surface area contributed by atoms with Crippen molar-refractivity contribution in [3.63, 3.8) is 0 Å². The van der Waals surface area contributed by atoms with E-state index in [1.54, 1.807) is 45.0 Å². The molecule has 0 saturated heterocycles. The number of ether oxygens (including phenoxy) is 1. The molecule has 0 fully saturated rings. The van der Waals surface area contributed by atoms with Crippen molar-refractivity contribution in [2.45, 2.75) is 38.8 Å². The lowest BCUT2D eigenvalue weighted by molar-refractivity contribution is -0.139. The fourth-order valence-electron chi connectivity index (χ4n) is 1.58. The van der Waals surface area contributed by atoms with Gasteiger partial charge in [-0.1, -0.05) is 18.2 Å². The molecule has 2 amide bonds. The van der Waals surface area contributed by atoms with Gasteiger partial charge in [-0.25, -0.2) is 4.79 Å². The van der Waals surface area contributed by atoms with Crippen molar-refractivity contribution < 1.29 is 24.2 Å². The van der Waals surface area contributed by atoms with Crippen LogP contribution in [0.3, 0.4) is 0 Å².